The molecule has 1 aromatic rings. The molecule has 1 rings (SSSR count). The van der Waals surface area contributed by atoms with Crippen LogP contribution in [0.4, 0.5) is 0 Å². The van der Waals surface area contributed by atoms with E-state index in [0.29, 0.717) is 22.1 Å². The molecule has 5 nitrogen and oxygen atoms in total. The van der Waals surface area contributed by atoms with Crippen LogP contribution in [0.1, 0.15) is 19.4 Å². The minimum Gasteiger partial charge on any atom is -0.493 e. The van der Waals surface area contributed by atoms with E-state index < -0.39 is 0 Å². The summed E-state index contributed by atoms with van der Waals surface area (Å²) in [5, 5.41) is 12.1. The first-order valence-electron chi connectivity index (χ1n) is 5.87. The van der Waals surface area contributed by atoms with E-state index in [1.54, 1.807) is 12.1 Å². The molecule has 0 aliphatic carbocycles. The van der Waals surface area contributed by atoms with Crippen LogP contribution in [0.15, 0.2) is 12.1 Å². The number of rotatable bonds is 6. The molecule has 0 radical (unpaired) electrons. The molecule has 0 aliphatic rings. The fraction of sp³-hybridized carbons (Fsp3) is 0.462. The number of aliphatic hydroxyl groups is 1. The monoisotopic (exact) mass is 287 g/mol. The lowest BCUT2D eigenvalue weighted by molar-refractivity contribution is -0.123. The highest BCUT2D eigenvalue weighted by Crippen LogP contribution is 2.36. The van der Waals surface area contributed by atoms with E-state index in [1.165, 1.54) is 7.11 Å². The number of carbonyl (C=O) groups excluding carboxylic acids is 1. The van der Waals surface area contributed by atoms with Crippen molar-refractivity contribution in [3.63, 3.8) is 0 Å². The number of ether oxygens (including phenoxy) is 2. The highest BCUT2D eigenvalue weighted by atomic mass is 35.5. The highest BCUT2D eigenvalue weighted by Gasteiger charge is 2.13. The van der Waals surface area contributed by atoms with E-state index in [9.17, 15) is 4.79 Å². The molecule has 0 aliphatic heterocycles. The second kappa shape index (κ2) is 7.21. The van der Waals surface area contributed by atoms with Crippen LogP contribution in [0, 0.1) is 0 Å². The first-order valence-corrected chi connectivity index (χ1v) is 6.25. The Balaban J connectivity index is 2.80. The van der Waals surface area contributed by atoms with E-state index in [4.69, 9.17) is 26.2 Å². The summed E-state index contributed by atoms with van der Waals surface area (Å²) in [5.41, 5.74) is 0.612. The summed E-state index contributed by atoms with van der Waals surface area (Å²) in [7, 11) is 1.47. The van der Waals surface area contributed by atoms with Crippen molar-refractivity contribution >= 4 is 17.5 Å². The lowest BCUT2D eigenvalue weighted by atomic mass is 10.2. The van der Waals surface area contributed by atoms with Gasteiger partial charge in [-0.05, 0) is 31.5 Å². The topological polar surface area (TPSA) is 67.8 Å². The summed E-state index contributed by atoms with van der Waals surface area (Å²) in [5.74, 6) is 0.438. The number of benzene rings is 1. The number of carbonyl (C=O) groups is 1. The van der Waals surface area contributed by atoms with Gasteiger partial charge < -0.3 is 19.9 Å². The number of aliphatic hydroxyl groups excluding tert-OH is 1. The smallest absolute Gasteiger partial charge is 0.258 e. The van der Waals surface area contributed by atoms with Gasteiger partial charge in [-0.15, -0.1) is 0 Å². The van der Waals surface area contributed by atoms with Crippen LogP contribution in [0.2, 0.25) is 5.02 Å². The molecule has 106 valence electrons. The van der Waals surface area contributed by atoms with Gasteiger partial charge in [-0.2, -0.15) is 0 Å². The van der Waals surface area contributed by atoms with Crippen molar-refractivity contribution in [2.45, 2.75) is 26.5 Å². The fourth-order valence-corrected chi connectivity index (χ4v) is 1.79. The Morgan fingerprint density at radius 1 is 1.47 bits per heavy atom. The van der Waals surface area contributed by atoms with Crippen LogP contribution < -0.4 is 14.8 Å². The molecule has 1 amide bonds. The zero-order valence-electron chi connectivity index (χ0n) is 11.2. The molecule has 0 saturated heterocycles. The van der Waals surface area contributed by atoms with Crippen LogP contribution in [0.3, 0.4) is 0 Å². The Labute approximate surface area is 117 Å². The first kappa shape index (κ1) is 15.6. The van der Waals surface area contributed by atoms with Crippen LogP contribution in [0.25, 0.3) is 0 Å². The van der Waals surface area contributed by atoms with Crippen molar-refractivity contribution in [3.05, 3.63) is 22.7 Å². The lowest BCUT2D eigenvalue weighted by Crippen LogP contribution is -2.34. The third-order valence-corrected chi connectivity index (χ3v) is 2.55. The normalized spacial score (nSPS) is 10.4. The minimum absolute atomic E-state index is 0.0465. The van der Waals surface area contributed by atoms with Gasteiger partial charge in [-0.3, -0.25) is 4.79 Å². The molecule has 0 heterocycles. The number of methoxy groups -OCH3 is 1. The zero-order chi connectivity index (χ0) is 14.4. The Morgan fingerprint density at radius 2 is 2.16 bits per heavy atom. The molecule has 0 fully saturated rings. The van der Waals surface area contributed by atoms with E-state index in [0.717, 1.165) is 0 Å². The first-order chi connectivity index (χ1) is 8.97. The number of hydrogen-bond acceptors (Lipinski definition) is 4. The number of amides is 1. The third kappa shape index (κ3) is 4.61. The molecule has 1 aromatic carbocycles. The van der Waals surface area contributed by atoms with Crippen molar-refractivity contribution in [1.29, 1.82) is 0 Å². The van der Waals surface area contributed by atoms with E-state index >= 15 is 0 Å². The van der Waals surface area contributed by atoms with Crippen LogP contribution in [0.5, 0.6) is 11.5 Å². The number of halogens is 1. The van der Waals surface area contributed by atoms with Crippen LogP contribution >= 0.6 is 11.6 Å². The quantitative estimate of drug-likeness (QED) is 0.836. The Hall–Kier alpha value is -1.46. The molecule has 2 N–H and O–H groups in total. The molecule has 0 spiro atoms. The standard InChI is InChI=1S/C13H18ClNO4/c1-8(2)15-12(17)7-19-13-10(14)4-9(6-16)5-11(13)18-3/h4-5,8,16H,6-7H2,1-3H3,(H,15,17). The predicted molar refractivity (Wildman–Crippen MR) is 72.7 cm³/mol. The maximum Gasteiger partial charge on any atom is 0.258 e. The summed E-state index contributed by atoms with van der Waals surface area (Å²) in [6.07, 6.45) is 0. The van der Waals surface area contributed by atoms with Crippen molar-refractivity contribution in [2.24, 2.45) is 0 Å². The molecule has 0 bridgehead atoms. The molecule has 6 heteroatoms. The van der Waals surface area contributed by atoms with Gasteiger partial charge in [-0.1, -0.05) is 11.6 Å². The van der Waals surface area contributed by atoms with Gasteiger partial charge in [0.2, 0.25) is 0 Å². The van der Waals surface area contributed by atoms with Crippen LogP contribution in [-0.2, 0) is 11.4 Å². The summed E-state index contributed by atoms with van der Waals surface area (Å²) >= 11 is 6.03. The highest BCUT2D eigenvalue weighted by molar-refractivity contribution is 6.32. The van der Waals surface area contributed by atoms with Crippen molar-refractivity contribution < 1.29 is 19.4 Å². The SMILES string of the molecule is COc1cc(CO)cc(Cl)c1OCC(=O)NC(C)C. The van der Waals surface area contributed by atoms with Gasteiger partial charge in [0.25, 0.3) is 5.91 Å². The maximum atomic E-state index is 11.5. The largest absolute Gasteiger partial charge is 0.493 e. The second-order valence-corrected chi connectivity index (χ2v) is 4.69. The summed E-state index contributed by atoms with van der Waals surface area (Å²) in [6.45, 7) is 3.43. The number of hydrogen-bond donors (Lipinski definition) is 2. The summed E-state index contributed by atoms with van der Waals surface area (Å²) in [6, 6.07) is 3.23. The molecule has 19 heavy (non-hydrogen) atoms. The van der Waals surface area contributed by atoms with Gasteiger partial charge in [0.05, 0.1) is 18.7 Å². The zero-order valence-corrected chi connectivity index (χ0v) is 12.0. The minimum atomic E-state index is -0.237. The lowest BCUT2D eigenvalue weighted by Gasteiger charge is -2.14. The average Bonchev–Trinajstić information content (AvgIpc) is 2.35. The third-order valence-electron chi connectivity index (χ3n) is 2.27. The fourth-order valence-electron chi connectivity index (χ4n) is 1.51. The Kier molecular flexibility index (Phi) is 5.92. The second-order valence-electron chi connectivity index (χ2n) is 4.28. The predicted octanol–water partition coefficient (Wildman–Crippen LogP) is 1.74. The molecule has 0 unspecified atom stereocenters. The van der Waals surface area contributed by atoms with Gasteiger partial charge >= 0.3 is 0 Å². The molecule has 0 saturated carbocycles. The van der Waals surface area contributed by atoms with Crippen molar-refractivity contribution in [1.82, 2.24) is 5.32 Å². The molecule has 0 aromatic heterocycles. The van der Waals surface area contributed by atoms with Gasteiger partial charge in [-0.25, -0.2) is 0 Å². The molecule has 0 atom stereocenters. The Bertz CT molecular complexity index is 449. The van der Waals surface area contributed by atoms with Gasteiger partial charge in [0.1, 0.15) is 0 Å². The van der Waals surface area contributed by atoms with Crippen LogP contribution in [-0.4, -0.2) is 30.8 Å². The Morgan fingerprint density at radius 3 is 2.68 bits per heavy atom. The average molecular weight is 288 g/mol. The number of nitrogens with one attached hydrogen (secondary N) is 1. The van der Waals surface area contributed by atoms with E-state index in [2.05, 4.69) is 5.32 Å². The molecular weight excluding hydrogens is 270 g/mol. The van der Waals surface area contributed by atoms with E-state index in [1.807, 2.05) is 13.8 Å². The summed E-state index contributed by atoms with van der Waals surface area (Å²) < 4.78 is 10.5. The van der Waals surface area contributed by atoms with Crippen molar-refractivity contribution in [3.8, 4) is 11.5 Å². The molecular formula is C13H18ClNO4. The van der Waals surface area contributed by atoms with Gasteiger partial charge in [0.15, 0.2) is 18.1 Å². The summed E-state index contributed by atoms with van der Waals surface area (Å²) in [4.78, 5) is 11.5. The van der Waals surface area contributed by atoms with Crippen molar-refractivity contribution in [2.75, 3.05) is 13.7 Å². The van der Waals surface area contributed by atoms with E-state index in [-0.39, 0.29) is 25.2 Å². The van der Waals surface area contributed by atoms with Gasteiger partial charge in [0, 0.05) is 6.04 Å². The maximum absolute atomic E-state index is 11.5.